The van der Waals surface area contributed by atoms with Gasteiger partial charge in [-0.3, -0.25) is 9.59 Å². The molecular formula is C22H17ClN2O4. The minimum absolute atomic E-state index is 0.241. The third kappa shape index (κ3) is 5.00. The highest BCUT2D eigenvalue weighted by atomic mass is 35.5. The van der Waals surface area contributed by atoms with Gasteiger partial charge >= 0.3 is 5.97 Å². The van der Waals surface area contributed by atoms with Gasteiger partial charge in [-0.05, 0) is 54.6 Å². The number of benzene rings is 3. The summed E-state index contributed by atoms with van der Waals surface area (Å²) in [6.07, 6.45) is 0. The minimum atomic E-state index is -0.532. The Morgan fingerprint density at radius 1 is 0.759 bits per heavy atom. The highest BCUT2D eigenvalue weighted by Gasteiger charge is 2.13. The molecule has 2 amide bonds. The van der Waals surface area contributed by atoms with Crippen LogP contribution in [0.3, 0.4) is 0 Å². The highest BCUT2D eigenvalue weighted by Crippen LogP contribution is 2.24. The van der Waals surface area contributed by atoms with Crippen molar-refractivity contribution in [1.29, 1.82) is 0 Å². The van der Waals surface area contributed by atoms with Gasteiger partial charge in [0.25, 0.3) is 11.8 Å². The summed E-state index contributed by atoms with van der Waals surface area (Å²) in [5, 5.41) is 5.72. The van der Waals surface area contributed by atoms with E-state index < -0.39 is 11.9 Å². The normalized spacial score (nSPS) is 10.1. The van der Waals surface area contributed by atoms with Gasteiger partial charge < -0.3 is 15.4 Å². The summed E-state index contributed by atoms with van der Waals surface area (Å²) < 4.78 is 4.67. The fourth-order valence-corrected chi connectivity index (χ4v) is 2.72. The van der Waals surface area contributed by atoms with Crippen LogP contribution in [0.1, 0.15) is 31.1 Å². The van der Waals surface area contributed by atoms with E-state index in [9.17, 15) is 14.4 Å². The Kier molecular flexibility index (Phi) is 6.26. The van der Waals surface area contributed by atoms with Gasteiger partial charge in [-0.25, -0.2) is 4.79 Å². The zero-order valence-electron chi connectivity index (χ0n) is 15.4. The number of amides is 2. The molecule has 2 N–H and O–H groups in total. The molecule has 0 fully saturated rings. The summed E-state index contributed by atoms with van der Waals surface area (Å²) in [5.74, 6) is -1.18. The van der Waals surface area contributed by atoms with Gasteiger partial charge in [-0.1, -0.05) is 29.8 Å². The number of anilines is 2. The van der Waals surface area contributed by atoms with E-state index in [4.69, 9.17) is 11.6 Å². The van der Waals surface area contributed by atoms with Crippen LogP contribution in [-0.4, -0.2) is 24.9 Å². The second-order valence-electron chi connectivity index (χ2n) is 6.04. The van der Waals surface area contributed by atoms with Gasteiger partial charge in [-0.15, -0.1) is 0 Å². The molecule has 0 aliphatic heterocycles. The predicted molar refractivity (Wildman–Crippen MR) is 112 cm³/mol. The molecule has 0 saturated heterocycles. The first-order valence-corrected chi connectivity index (χ1v) is 9.01. The van der Waals surface area contributed by atoms with E-state index in [1.54, 1.807) is 48.5 Å². The molecule has 0 aliphatic carbocycles. The van der Waals surface area contributed by atoms with Gasteiger partial charge in [0.05, 0.1) is 23.4 Å². The van der Waals surface area contributed by atoms with E-state index in [-0.39, 0.29) is 16.5 Å². The van der Waals surface area contributed by atoms with Gasteiger partial charge in [0.15, 0.2) is 0 Å². The van der Waals surface area contributed by atoms with Gasteiger partial charge in [0.2, 0.25) is 0 Å². The third-order valence-corrected chi connectivity index (χ3v) is 4.41. The van der Waals surface area contributed by atoms with E-state index in [2.05, 4.69) is 15.4 Å². The van der Waals surface area contributed by atoms with E-state index in [0.717, 1.165) is 0 Å². The van der Waals surface area contributed by atoms with Crippen LogP contribution in [0.5, 0.6) is 0 Å². The van der Waals surface area contributed by atoms with E-state index in [1.165, 1.54) is 25.3 Å². The van der Waals surface area contributed by atoms with Crippen LogP contribution in [0, 0.1) is 0 Å². The molecule has 0 radical (unpaired) electrons. The Morgan fingerprint density at radius 3 is 2.00 bits per heavy atom. The molecule has 0 spiro atoms. The van der Waals surface area contributed by atoms with Gasteiger partial charge in [0, 0.05) is 16.8 Å². The minimum Gasteiger partial charge on any atom is -0.465 e. The molecule has 3 aromatic rings. The Labute approximate surface area is 172 Å². The third-order valence-electron chi connectivity index (χ3n) is 4.08. The summed E-state index contributed by atoms with van der Waals surface area (Å²) in [6, 6.07) is 19.7. The molecule has 0 heterocycles. The quantitative estimate of drug-likeness (QED) is 0.603. The molecule has 0 atom stereocenters. The number of carbonyl (C=O) groups is 3. The molecule has 3 rings (SSSR count). The predicted octanol–water partition coefficient (Wildman–Crippen LogP) is 4.63. The lowest BCUT2D eigenvalue weighted by molar-refractivity contribution is 0.0600. The number of halogens is 1. The average molecular weight is 409 g/mol. The monoisotopic (exact) mass is 408 g/mol. The van der Waals surface area contributed by atoms with Crippen molar-refractivity contribution in [2.45, 2.75) is 0 Å². The lowest BCUT2D eigenvalue weighted by atomic mass is 10.1. The molecule has 0 aliphatic rings. The van der Waals surface area contributed by atoms with Crippen molar-refractivity contribution >= 4 is 40.8 Å². The molecular weight excluding hydrogens is 392 g/mol. The second kappa shape index (κ2) is 9.03. The first-order chi connectivity index (χ1) is 14.0. The summed E-state index contributed by atoms with van der Waals surface area (Å²) >= 11 is 6.10. The number of carbonyl (C=O) groups excluding carboxylic acids is 3. The van der Waals surface area contributed by atoms with E-state index in [0.29, 0.717) is 22.5 Å². The van der Waals surface area contributed by atoms with Crippen LogP contribution in [0.15, 0.2) is 72.8 Å². The summed E-state index contributed by atoms with van der Waals surface area (Å²) in [5.41, 5.74) is 2.02. The van der Waals surface area contributed by atoms with Crippen LogP contribution >= 0.6 is 11.6 Å². The maximum Gasteiger partial charge on any atom is 0.337 e. The molecule has 0 bridgehead atoms. The number of nitrogens with one attached hydrogen (secondary N) is 2. The van der Waals surface area contributed by atoms with Crippen LogP contribution in [-0.2, 0) is 4.74 Å². The maximum absolute atomic E-state index is 12.5. The number of esters is 1. The average Bonchev–Trinajstić information content (AvgIpc) is 2.75. The van der Waals surface area contributed by atoms with Crippen molar-refractivity contribution in [1.82, 2.24) is 0 Å². The number of ether oxygens (including phenoxy) is 1. The number of methoxy groups -OCH3 is 1. The molecule has 146 valence electrons. The van der Waals surface area contributed by atoms with Crippen molar-refractivity contribution in [3.8, 4) is 0 Å². The molecule has 3 aromatic carbocycles. The first-order valence-electron chi connectivity index (χ1n) is 8.63. The summed E-state index contributed by atoms with van der Waals surface area (Å²) in [6.45, 7) is 0. The Morgan fingerprint density at radius 2 is 1.34 bits per heavy atom. The van der Waals surface area contributed by atoms with Crippen molar-refractivity contribution in [3.05, 3.63) is 94.5 Å². The fraction of sp³-hybridized carbons (Fsp3) is 0.0455. The lowest BCUT2D eigenvalue weighted by Crippen LogP contribution is -2.14. The standard InChI is InChI=1S/C22H17ClN2O4/c1-29-22(28)16-9-12-18(23)19(13-16)25-21(27)15-7-10-17(11-8-15)24-20(26)14-5-3-2-4-6-14/h2-13H,1H3,(H,24,26)(H,25,27). The molecule has 0 saturated carbocycles. The van der Waals surface area contributed by atoms with Gasteiger partial charge in [-0.2, -0.15) is 0 Å². The van der Waals surface area contributed by atoms with E-state index in [1.807, 2.05) is 6.07 Å². The largest absolute Gasteiger partial charge is 0.465 e. The van der Waals surface area contributed by atoms with Crippen LogP contribution in [0.4, 0.5) is 11.4 Å². The van der Waals surface area contributed by atoms with Crippen molar-refractivity contribution in [2.24, 2.45) is 0 Å². The topological polar surface area (TPSA) is 84.5 Å². The summed E-state index contributed by atoms with van der Waals surface area (Å²) in [7, 11) is 1.27. The highest BCUT2D eigenvalue weighted by molar-refractivity contribution is 6.34. The molecule has 0 aromatic heterocycles. The van der Waals surface area contributed by atoms with Crippen LogP contribution < -0.4 is 10.6 Å². The maximum atomic E-state index is 12.5. The smallest absolute Gasteiger partial charge is 0.337 e. The van der Waals surface area contributed by atoms with Crippen molar-refractivity contribution in [3.63, 3.8) is 0 Å². The molecule has 6 nitrogen and oxygen atoms in total. The zero-order chi connectivity index (χ0) is 20.8. The second-order valence-corrected chi connectivity index (χ2v) is 6.45. The lowest BCUT2D eigenvalue weighted by Gasteiger charge is -2.10. The molecule has 29 heavy (non-hydrogen) atoms. The number of rotatable bonds is 5. The van der Waals surface area contributed by atoms with Crippen LogP contribution in [0.2, 0.25) is 5.02 Å². The first kappa shape index (κ1) is 20.1. The van der Waals surface area contributed by atoms with Crippen LogP contribution in [0.25, 0.3) is 0 Å². The Bertz CT molecular complexity index is 1050. The molecule has 7 heteroatoms. The van der Waals surface area contributed by atoms with Crippen molar-refractivity contribution < 1.29 is 19.1 Å². The Balaban J connectivity index is 1.69. The Hall–Kier alpha value is -3.64. The number of hydrogen-bond donors (Lipinski definition) is 2. The SMILES string of the molecule is COC(=O)c1ccc(Cl)c(NC(=O)c2ccc(NC(=O)c3ccccc3)cc2)c1. The number of hydrogen-bond acceptors (Lipinski definition) is 4. The molecule has 0 unspecified atom stereocenters. The van der Waals surface area contributed by atoms with E-state index >= 15 is 0 Å². The van der Waals surface area contributed by atoms with Crippen molar-refractivity contribution in [2.75, 3.05) is 17.7 Å². The fourth-order valence-electron chi connectivity index (χ4n) is 2.56. The van der Waals surface area contributed by atoms with Gasteiger partial charge in [0.1, 0.15) is 0 Å². The summed E-state index contributed by atoms with van der Waals surface area (Å²) in [4.78, 5) is 36.3. The zero-order valence-corrected chi connectivity index (χ0v) is 16.2.